The number of benzene rings is 3. The van der Waals surface area contributed by atoms with Crippen molar-refractivity contribution in [1.29, 1.82) is 0 Å². The highest BCUT2D eigenvalue weighted by atomic mass is 16.5. The smallest absolute Gasteiger partial charge is 0.328 e. The van der Waals surface area contributed by atoms with Crippen LogP contribution in [0.4, 0.5) is 0 Å². The van der Waals surface area contributed by atoms with E-state index < -0.39 is 12.0 Å². The van der Waals surface area contributed by atoms with Gasteiger partial charge >= 0.3 is 5.97 Å². The van der Waals surface area contributed by atoms with Crippen LogP contribution in [0.15, 0.2) is 91.1 Å². The van der Waals surface area contributed by atoms with Gasteiger partial charge in [0, 0.05) is 35.3 Å². The first-order chi connectivity index (χ1) is 17.0. The van der Waals surface area contributed by atoms with E-state index in [9.17, 15) is 9.59 Å². The van der Waals surface area contributed by atoms with Crippen molar-refractivity contribution < 1.29 is 19.4 Å². The topological polar surface area (TPSA) is 80.6 Å². The van der Waals surface area contributed by atoms with E-state index in [4.69, 9.17) is 9.84 Å². The van der Waals surface area contributed by atoms with Crippen LogP contribution in [0, 0.1) is 0 Å². The first-order valence-corrected chi connectivity index (χ1v) is 11.6. The van der Waals surface area contributed by atoms with Gasteiger partial charge in [-0.15, -0.1) is 0 Å². The van der Waals surface area contributed by atoms with E-state index in [1.807, 2.05) is 96.6 Å². The van der Waals surface area contributed by atoms with Gasteiger partial charge in [-0.25, -0.2) is 4.79 Å². The highest BCUT2D eigenvalue weighted by Gasteiger charge is 2.19. The number of rotatable bonds is 10. The quantitative estimate of drug-likeness (QED) is 0.312. The van der Waals surface area contributed by atoms with Gasteiger partial charge in [0.25, 0.3) is 0 Å². The third kappa shape index (κ3) is 6.18. The molecule has 178 valence electrons. The molecular formula is C29H28N2O4. The third-order valence-electron chi connectivity index (χ3n) is 5.84. The van der Waals surface area contributed by atoms with Crippen LogP contribution in [0.5, 0.6) is 5.75 Å². The summed E-state index contributed by atoms with van der Waals surface area (Å²) < 4.78 is 7.83. The highest BCUT2D eigenvalue weighted by molar-refractivity contribution is 5.95. The van der Waals surface area contributed by atoms with Crippen LogP contribution in [0.1, 0.15) is 29.7 Å². The van der Waals surface area contributed by atoms with Crippen LogP contribution in [-0.2, 0) is 22.6 Å². The van der Waals surface area contributed by atoms with Crippen LogP contribution < -0.4 is 10.1 Å². The zero-order valence-corrected chi connectivity index (χ0v) is 19.6. The molecule has 1 atom stereocenters. The number of aliphatic carboxylic acids is 1. The van der Waals surface area contributed by atoms with Crippen LogP contribution in [-0.4, -0.2) is 28.1 Å². The lowest BCUT2D eigenvalue weighted by Gasteiger charge is -2.16. The van der Waals surface area contributed by atoms with Crippen molar-refractivity contribution in [3.63, 3.8) is 0 Å². The van der Waals surface area contributed by atoms with Gasteiger partial charge in [-0.1, -0.05) is 60.7 Å². The first-order valence-electron chi connectivity index (χ1n) is 11.6. The second-order valence-corrected chi connectivity index (χ2v) is 8.32. The second-order valence-electron chi connectivity index (χ2n) is 8.32. The summed E-state index contributed by atoms with van der Waals surface area (Å²) in [5.74, 6) is -0.464. The lowest BCUT2D eigenvalue weighted by Crippen LogP contribution is -2.32. The van der Waals surface area contributed by atoms with Gasteiger partial charge in [-0.2, -0.15) is 0 Å². The first kappa shape index (κ1) is 23.8. The summed E-state index contributed by atoms with van der Waals surface area (Å²) in [6, 6.07) is 25.1. The van der Waals surface area contributed by atoms with Crippen molar-refractivity contribution in [3.8, 4) is 5.75 Å². The fourth-order valence-electron chi connectivity index (χ4n) is 3.95. The zero-order chi connectivity index (χ0) is 24.6. The van der Waals surface area contributed by atoms with E-state index in [0.29, 0.717) is 24.5 Å². The average Bonchev–Trinajstić information content (AvgIpc) is 3.24. The van der Waals surface area contributed by atoms with Gasteiger partial charge in [-0.05, 0) is 48.7 Å². The highest BCUT2D eigenvalue weighted by Crippen LogP contribution is 2.30. The number of carboxylic acid groups (broad SMARTS) is 1. The van der Waals surface area contributed by atoms with Gasteiger partial charge in [0.1, 0.15) is 18.4 Å². The van der Waals surface area contributed by atoms with Gasteiger partial charge < -0.3 is 19.7 Å². The lowest BCUT2D eigenvalue weighted by atomic mass is 10.1. The molecule has 0 aliphatic heterocycles. The van der Waals surface area contributed by atoms with Gasteiger partial charge in [0.05, 0.1) is 0 Å². The normalized spacial score (nSPS) is 12.0. The summed E-state index contributed by atoms with van der Waals surface area (Å²) in [4.78, 5) is 24.0. The van der Waals surface area contributed by atoms with E-state index in [0.717, 1.165) is 34.5 Å². The number of carbonyl (C=O) groups excluding carboxylic acids is 1. The van der Waals surface area contributed by atoms with Crippen molar-refractivity contribution in [2.24, 2.45) is 0 Å². The Morgan fingerprint density at radius 3 is 2.37 bits per heavy atom. The maximum absolute atomic E-state index is 12.9. The molecule has 0 bridgehead atoms. The van der Waals surface area contributed by atoms with Crippen molar-refractivity contribution in [2.75, 3.05) is 6.54 Å². The molecule has 1 amide bonds. The Hall–Kier alpha value is -4.32. The van der Waals surface area contributed by atoms with Crippen LogP contribution in [0.25, 0.3) is 17.0 Å². The van der Waals surface area contributed by atoms with E-state index in [1.165, 1.54) is 0 Å². The molecule has 3 aromatic carbocycles. The number of carbonyl (C=O) groups is 2. The number of hydrogen-bond donors (Lipinski definition) is 2. The van der Waals surface area contributed by atoms with Gasteiger partial charge in [0.15, 0.2) is 0 Å². The maximum atomic E-state index is 12.9. The third-order valence-corrected chi connectivity index (χ3v) is 5.84. The average molecular weight is 469 g/mol. The number of aromatic nitrogens is 1. The predicted octanol–water partition coefficient (Wildman–Crippen LogP) is 5.24. The minimum atomic E-state index is -1.03. The SMILES string of the molecule is CC(C(=O)NCCc1ccccc1)n1cc(C=CC(=O)O)c2cc(OCc3ccccc3)ccc21. The van der Waals surface area contributed by atoms with Crippen molar-refractivity contribution in [1.82, 2.24) is 9.88 Å². The molecule has 0 fully saturated rings. The molecule has 0 saturated heterocycles. The summed E-state index contributed by atoms with van der Waals surface area (Å²) in [6.45, 7) is 2.80. The zero-order valence-electron chi connectivity index (χ0n) is 19.6. The molecule has 6 heteroatoms. The number of fused-ring (bicyclic) bond motifs is 1. The number of nitrogens with zero attached hydrogens (tertiary/aromatic N) is 1. The Balaban J connectivity index is 1.54. The van der Waals surface area contributed by atoms with Gasteiger partial charge in [-0.3, -0.25) is 4.79 Å². The number of ether oxygens (including phenoxy) is 1. The minimum Gasteiger partial charge on any atom is -0.489 e. The lowest BCUT2D eigenvalue weighted by molar-refractivity contribution is -0.131. The Morgan fingerprint density at radius 2 is 1.69 bits per heavy atom. The molecule has 0 radical (unpaired) electrons. The molecule has 1 heterocycles. The molecule has 0 aliphatic rings. The Bertz CT molecular complexity index is 1330. The Labute approximate surface area is 204 Å². The van der Waals surface area contributed by atoms with Gasteiger partial charge in [0.2, 0.25) is 5.91 Å². The Morgan fingerprint density at radius 1 is 1.00 bits per heavy atom. The summed E-state index contributed by atoms with van der Waals surface area (Å²) in [5.41, 5.74) is 3.75. The largest absolute Gasteiger partial charge is 0.489 e. The summed E-state index contributed by atoms with van der Waals surface area (Å²) >= 11 is 0. The molecule has 4 aromatic rings. The predicted molar refractivity (Wildman–Crippen MR) is 137 cm³/mol. The summed E-state index contributed by atoms with van der Waals surface area (Å²) in [7, 11) is 0. The summed E-state index contributed by atoms with van der Waals surface area (Å²) in [6.07, 6.45) is 5.20. The molecular weight excluding hydrogens is 440 g/mol. The molecule has 2 N–H and O–H groups in total. The fourth-order valence-corrected chi connectivity index (χ4v) is 3.95. The summed E-state index contributed by atoms with van der Waals surface area (Å²) in [5, 5.41) is 12.9. The number of carboxylic acids is 1. The van der Waals surface area contributed by atoms with Crippen molar-refractivity contribution >= 4 is 28.9 Å². The molecule has 35 heavy (non-hydrogen) atoms. The maximum Gasteiger partial charge on any atom is 0.328 e. The van der Waals surface area contributed by atoms with E-state index in [-0.39, 0.29) is 5.91 Å². The molecule has 6 nitrogen and oxygen atoms in total. The standard InChI is InChI=1S/C29H28N2O4/c1-21(29(34)30-17-16-22-8-4-2-5-9-22)31-19-24(12-15-28(32)33)26-18-25(13-14-27(26)31)35-20-23-10-6-3-7-11-23/h2-15,18-19,21H,16-17,20H2,1H3,(H,30,34)(H,32,33). The second kappa shape index (κ2) is 11.2. The van der Waals surface area contributed by atoms with Crippen molar-refractivity contribution in [3.05, 3.63) is 108 Å². The van der Waals surface area contributed by atoms with Crippen LogP contribution in [0.2, 0.25) is 0 Å². The molecule has 0 spiro atoms. The molecule has 1 aromatic heterocycles. The van der Waals surface area contributed by atoms with E-state index in [1.54, 1.807) is 6.08 Å². The van der Waals surface area contributed by atoms with Crippen LogP contribution >= 0.6 is 0 Å². The monoisotopic (exact) mass is 468 g/mol. The minimum absolute atomic E-state index is 0.101. The number of amides is 1. The van der Waals surface area contributed by atoms with E-state index in [2.05, 4.69) is 5.32 Å². The molecule has 0 saturated carbocycles. The molecule has 4 rings (SSSR count). The number of hydrogen-bond acceptors (Lipinski definition) is 3. The van der Waals surface area contributed by atoms with Crippen LogP contribution in [0.3, 0.4) is 0 Å². The number of nitrogens with one attached hydrogen (secondary N) is 1. The molecule has 0 aliphatic carbocycles. The van der Waals surface area contributed by atoms with E-state index >= 15 is 0 Å². The Kier molecular flexibility index (Phi) is 7.63. The van der Waals surface area contributed by atoms with Crippen molar-refractivity contribution in [2.45, 2.75) is 26.0 Å². The molecule has 1 unspecified atom stereocenters. The fraction of sp³-hybridized carbons (Fsp3) is 0.172.